The monoisotopic (exact) mass is 234 g/mol. The third-order valence-corrected chi connectivity index (χ3v) is 3.41. The molecule has 16 heavy (non-hydrogen) atoms. The van der Waals surface area contributed by atoms with Crippen LogP contribution in [0.1, 0.15) is 31.0 Å². The highest BCUT2D eigenvalue weighted by atomic mass is 32.2. The quantitative estimate of drug-likeness (QED) is 0.430. The Bertz CT molecular complexity index is 414. The molecule has 0 bridgehead atoms. The molecular formula is C11H14N4S. The van der Waals surface area contributed by atoms with Crippen molar-refractivity contribution in [1.29, 1.82) is 5.26 Å². The first-order chi connectivity index (χ1) is 7.86. The van der Waals surface area contributed by atoms with Gasteiger partial charge in [-0.15, -0.1) is 16.8 Å². The molecule has 0 atom stereocenters. The van der Waals surface area contributed by atoms with Gasteiger partial charge in [0, 0.05) is 24.6 Å². The van der Waals surface area contributed by atoms with Gasteiger partial charge >= 0.3 is 0 Å². The molecular weight excluding hydrogens is 220 g/mol. The lowest BCUT2D eigenvalue weighted by atomic mass is 10.4. The van der Waals surface area contributed by atoms with Crippen molar-refractivity contribution < 1.29 is 0 Å². The largest absolute Gasteiger partial charge is 0.302 e. The third-order valence-electron chi connectivity index (χ3n) is 2.44. The summed E-state index contributed by atoms with van der Waals surface area (Å²) < 4.78 is 2.12. The standard InChI is InChI=1S/C11H14N4S/c1-2-7-15-10(9-4-5-9)13-14-11(15)16-8-3-6-12/h2,9H,1,3-5,7-8H2. The molecule has 0 spiro atoms. The molecule has 1 aromatic heterocycles. The molecule has 4 nitrogen and oxygen atoms in total. The van der Waals surface area contributed by atoms with Crippen LogP contribution in [-0.4, -0.2) is 20.5 Å². The number of thioether (sulfide) groups is 1. The van der Waals surface area contributed by atoms with E-state index >= 15 is 0 Å². The van der Waals surface area contributed by atoms with Crippen LogP contribution in [0.2, 0.25) is 0 Å². The number of aromatic nitrogens is 3. The second-order valence-corrected chi connectivity index (χ2v) is 4.83. The van der Waals surface area contributed by atoms with E-state index in [-0.39, 0.29) is 0 Å². The molecule has 0 saturated heterocycles. The number of hydrogen-bond acceptors (Lipinski definition) is 4. The molecule has 2 rings (SSSR count). The maximum absolute atomic E-state index is 8.50. The molecule has 1 saturated carbocycles. The third kappa shape index (κ3) is 2.45. The zero-order valence-electron chi connectivity index (χ0n) is 9.09. The van der Waals surface area contributed by atoms with Crippen LogP contribution in [0.25, 0.3) is 0 Å². The van der Waals surface area contributed by atoms with E-state index in [0.717, 1.165) is 23.3 Å². The molecule has 0 aromatic carbocycles. The van der Waals surface area contributed by atoms with Gasteiger partial charge in [0.25, 0.3) is 0 Å². The summed E-state index contributed by atoms with van der Waals surface area (Å²) in [5.41, 5.74) is 0. The van der Waals surface area contributed by atoms with Crippen LogP contribution >= 0.6 is 11.8 Å². The molecule has 0 aliphatic heterocycles. The Labute approximate surface area is 99.4 Å². The van der Waals surface area contributed by atoms with Gasteiger partial charge in [-0.2, -0.15) is 5.26 Å². The molecule has 1 aliphatic rings. The van der Waals surface area contributed by atoms with Crippen LogP contribution in [0.4, 0.5) is 0 Å². The minimum Gasteiger partial charge on any atom is -0.302 e. The normalized spacial score (nSPS) is 14.7. The summed E-state index contributed by atoms with van der Waals surface area (Å²) >= 11 is 1.60. The van der Waals surface area contributed by atoms with Gasteiger partial charge in [0.2, 0.25) is 0 Å². The second-order valence-electron chi connectivity index (χ2n) is 3.77. The highest BCUT2D eigenvalue weighted by molar-refractivity contribution is 7.99. The maximum atomic E-state index is 8.50. The zero-order chi connectivity index (χ0) is 11.4. The van der Waals surface area contributed by atoms with Gasteiger partial charge in [-0.3, -0.25) is 0 Å². The van der Waals surface area contributed by atoms with Gasteiger partial charge in [0.15, 0.2) is 5.16 Å². The number of rotatable bonds is 6. The van der Waals surface area contributed by atoms with E-state index in [0.29, 0.717) is 12.3 Å². The molecule has 0 unspecified atom stereocenters. The van der Waals surface area contributed by atoms with E-state index in [4.69, 9.17) is 5.26 Å². The van der Waals surface area contributed by atoms with E-state index in [1.807, 2.05) is 6.08 Å². The summed E-state index contributed by atoms with van der Waals surface area (Å²) in [6.07, 6.45) is 4.85. The lowest BCUT2D eigenvalue weighted by Crippen LogP contribution is -2.02. The second kappa shape index (κ2) is 5.17. The Morgan fingerprint density at radius 1 is 1.56 bits per heavy atom. The van der Waals surface area contributed by atoms with Crippen LogP contribution in [0.15, 0.2) is 17.8 Å². The molecule has 1 fully saturated rings. The molecule has 1 aromatic rings. The van der Waals surface area contributed by atoms with Crippen molar-refractivity contribution in [2.24, 2.45) is 0 Å². The van der Waals surface area contributed by atoms with Crippen LogP contribution in [-0.2, 0) is 6.54 Å². The number of hydrogen-bond donors (Lipinski definition) is 0. The van der Waals surface area contributed by atoms with Crippen molar-refractivity contribution >= 4 is 11.8 Å². The predicted octanol–water partition coefficient (Wildman–Crippen LogP) is 2.35. The minimum absolute atomic E-state index is 0.546. The van der Waals surface area contributed by atoms with E-state index in [1.54, 1.807) is 11.8 Å². The first-order valence-corrected chi connectivity index (χ1v) is 6.39. The Kier molecular flexibility index (Phi) is 3.62. The topological polar surface area (TPSA) is 54.5 Å². The molecule has 1 aliphatic carbocycles. The van der Waals surface area contributed by atoms with Gasteiger partial charge < -0.3 is 4.57 Å². The summed E-state index contributed by atoms with van der Waals surface area (Å²) in [6.45, 7) is 4.51. The summed E-state index contributed by atoms with van der Waals surface area (Å²) in [5, 5.41) is 17.8. The SMILES string of the molecule is C=CCn1c(SCCC#N)nnc1C1CC1. The summed E-state index contributed by atoms with van der Waals surface area (Å²) in [5.74, 6) is 2.45. The summed E-state index contributed by atoms with van der Waals surface area (Å²) in [7, 11) is 0. The molecule has 0 radical (unpaired) electrons. The smallest absolute Gasteiger partial charge is 0.191 e. The van der Waals surface area contributed by atoms with E-state index in [9.17, 15) is 0 Å². The Hall–Kier alpha value is -1.28. The Morgan fingerprint density at radius 2 is 2.38 bits per heavy atom. The van der Waals surface area contributed by atoms with Gasteiger partial charge in [0.05, 0.1) is 6.07 Å². The van der Waals surface area contributed by atoms with Crippen molar-refractivity contribution in [1.82, 2.24) is 14.8 Å². The molecule has 0 N–H and O–H groups in total. The molecule has 84 valence electrons. The van der Waals surface area contributed by atoms with Crippen molar-refractivity contribution in [3.8, 4) is 6.07 Å². The Morgan fingerprint density at radius 3 is 3.00 bits per heavy atom. The Balaban J connectivity index is 2.10. The van der Waals surface area contributed by atoms with Crippen LogP contribution in [0.5, 0.6) is 0 Å². The molecule has 5 heteroatoms. The fourth-order valence-electron chi connectivity index (χ4n) is 1.54. The van der Waals surface area contributed by atoms with Gasteiger partial charge in [0.1, 0.15) is 5.82 Å². The zero-order valence-corrected chi connectivity index (χ0v) is 9.91. The fourth-order valence-corrected chi connectivity index (χ4v) is 2.34. The van der Waals surface area contributed by atoms with Crippen molar-refractivity contribution in [3.63, 3.8) is 0 Å². The first kappa shape index (κ1) is 11.2. The summed E-state index contributed by atoms with van der Waals surface area (Å²) in [6, 6.07) is 2.13. The fraction of sp³-hybridized carbons (Fsp3) is 0.545. The average molecular weight is 234 g/mol. The van der Waals surface area contributed by atoms with E-state index in [2.05, 4.69) is 27.4 Å². The molecule has 0 amide bonds. The van der Waals surface area contributed by atoms with Crippen molar-refractivity contribution in [2.45, 2.75) is 36.9 Å². The lowest BCUT2D eigenvalue weighted by molar-refractivity contribution is 0.681. The van der Waals surface area contributed by atoms with Crippen LogP contribution < -0.4 is 0 Å². The number of nitrogens with zero attached hydrogens (tertiary/aromatic N) is 4. The number of allylic oxidation sites excluding steroid dienone is 1. The predicted molar refractivity (Wildman–Crippen MR) is 63.1 cm³/mol. The van der Waals surface area contributed by atoms with E-state index in [1.165, 1.54) is 12.8 Å². The van der Waals surface area contributed by atoms with Crippen molar-refractivity contribution in [3.05, 3.63) is 18.5 Å². The number of nitriles is 1. The van der Waals surface area contributed by atoms with Crippen LogP contribution in [0, 0.1) is 11.3 Å². The maximum Gasteiger partial charge on any atom is 0.191 e. The molecule has 1 heterocycles. The minimum atomic E-state index is 0.546. The highest BCUT2D eigenvalue weighted by Gasteiger charge is 2.29. The van der Waals surface area contributed by atoms with Gasteiger partial charge in [-0.1, -0.05) is 17.8 Å². The van der Waals surface area contributed by atoms with E-state index < -0.39 is 0 Å². The first-order valence-electron chi connectivity index (χ1n) is 5.40. The summed E-state index contributed by atoms with van der Waals surface area (Å²) in [4.78, 5) is 0. The van der Waals surface area contributed by atoms with Gasteiger partial charge in [-0.25, -0.2) is 0 Å². The lowest BCUT2D eigenvalue weighted by Gasteiger charge is -2.05. The van der Waals surface area contributed by atoms with Crippen LogP contribution in [0.3, 0.4) is 0 Å². The average Bonchev–Trinajstić information content (AvgIpc) is 3.05. The highest BCUT2D eigenvalue weighted by Crippen LogP contribution is 2.40. The van der Waals surface area contributed by atoms with Crippen molar-refractivity contribution in [2.75, 3.05) is 5.75 Å². The van der Waals surface area contributed by atoms with Gasteiger partial charge in [-0.05, 0) is 12.8 Å².